The zero-order valence-electron chi connectivity index (χ0n) is 10.5. The molecule has 3 nitrogen and oxygen atoms in total. The summed E-state index contributed by atoms with van der Waals surface area (Å²) in [5.74, 6) is 0.766. The molecule has 1 aliphatic rings. The third-order valence-electron chi connectivity index (χ3n) is 3.47. The first-order valence-electron chi connectivity index (χ1n) is 6.63. The van der Waals surface area contributed by atoms with Crippen molar-refractivity contribution in [3.63, 3.8) is 0 Å². The van der Waals surface area contributed by atoms with Crippen LogP contribution in [0, 0.1) is 5.92 Å². The number of aliphatic hydroxyl groups is 1. The number of unbranched alkanes of at least 4 members (excludes halogenated alkanes) is 1. The summed E-state index contributed by atoms with van der Waals surface area (Å²) in [7, 11) is 0. The van der Waals surface area contributed by atoms with Crippen LogP contribution in [0.3, 0.4) is 0 Å². The van der Waals surface area contributed by atoms with Gasteiger partial charge in [0, 0.05) is 18.9 Å². The van der Waals surface area contributed by atoms with Gasteiger partial charge in [-0.3, -0.25) is 4.79 Å². The molecule has 94 valence electrons. The Labute approximate surface area is 98.8 Å². The lowest BCUT2D eigenvalue weighted by atomic mass is 10.0. The maximum atomic E-state index is 11.5. The van der Waals surface area contributed by atoms with Crippen LogP contribution in [0.25, 0.3) is 0 Å². The molecule has 0 heterocycles. The van der Waals surface area contributed by atoms with Crippen molar-refractivity contribution in [3.05, 3.63) is 0 Å². The number of aliphatic hydroxyl groups excluding tert-OH is 1. The summed E-state index contributed by atoms with van der Waals surface area (Å²) in [5.41, 5.74) is 0. The standard InChI is InChI=1S/C13H25NO2/c1-2-3-8-14(10-11-15)9-7-12-5-4-6-13(12)16/h12,15H,2-11H2,1H3. The van der Waals surface area contributed by atoms with E-state index in [2.05, 4.69) is 11.8 Å². The van der Waals surface area contributed by atoms with Crippen molar-refractivity contribution in [2.24, 2.45) is 5.92 Å². The molecule has 16 heavy (non-hydrogen) atoms. The third-order valence-corrected chi connectivity index (χ3v) is 3.47. The molecule has 1 N–H and O–H groups in total. The molecule has 1 rings (SSSR count). The van der Waals surface area contributed by atoms with Crippen molar-refractivity contribution in [3.8, 4) is 0 Å². The summed E-state index contributed by atoms with van der Waals surface area (Å²) in [6.07, 6.45) is 6.31. The van der Waals surface area contributed by atoms with Gasteiger partial charge in [-0.2, -0.15) is 0 Å². The van der Waals surface area contributed by atoms with Gasteiger partial charge in [-0.25, -0.2) is 0 Å². The molecule has 0 aliphatic heterocycles. The molecule has 0 radical (unpaired) electrons. The number of carbonyl (C=O) groups excluding carboxylic acids is 1. The molecule has 0 bridgehead atoms. The molecule has 3 heteroatoms. The normalized spacial score (nSPS) is 20.9. The van der Waals surface area contributed by atoms with Crippen LogP contribution in [0.15, 0.2) is 0 Å². The third kappa shape index (κ3) is 4.62. The number of Topliss-reactive ketones (excluding diaryl/α,β-unsaturated/α-hetero) is 1. The second kappa shape index (κ2) is 7.80. The van der Waals surface area contributed by atoms with Crippen molar-refractivity contribution in [1.82, 2.24) is 4.90 Å². The first-order chi connectivity index (χ1) is 7.77. The molecule has 1 aliphatic carbocycles. The van der Waals surface area contributed by atoms with Gasteiger partial charge in [0.05, 0.1) is 6.61 Å². The van der Waals surface area contributed by atoms with Gasteiger partial charge in [-0.05, 0) is 38.8 Å². The number of hydrogen-bond donors (Lipinski definition) is 1. The average molecular weight is 227 g/mol. The monoisotopic (exact) mass is 227 g/mol. The Kier molecular flexibility index (Phi) is 6.65. The van der Waals surface area contributed by atoms with Crippen LogP contribution in [-0.4, -0.2) is 42.0 Å². The topological polar surface area (TPSA) is 40.5 Å². The van der Waals surface area contributed by atoms with E-state index in [0.29, 0.717) is 11.7 Å². The Morgan fingerprint density at radius 3 is 2.75 bits per heavy atom. The van der Waals surface area contributed by atoms with Crippen molar-refractivity contribution < 1.29 is 9.90 Å². The molecule has 1 unspecified atom stereocenters. The maximum absolute atomic E-state index is 11.5. The first-order valence-corrected chi connectivity index (χ1v) is 6.63. The van der Waals surface area contributed by atoms with E-state index in [1.165, 1.54) is 12.8 Å². The Bertz CT molecular complexity index is 206. The molecule has 0 aromatic rings. The quantitative estimate of drug-likeness (QED) is 0.688. The van der Waals surface area contributed by atoms with Crippen LogP contribution < -0.4 is 0 Å². The van der Waals surface area contributed by atoms with E-state index >= 15 is 0 Å². The van der Waals surface area contributed by atoms with Crippen molar-refractivity contribution in [1.29, 1.82) is 0 Å². The van der Waals surface area contributed by atoms with Crippen LogP contribution in [0.4, 0.5) is 0 Å². The molecular weight excluding hydrogens is 202 g/mol. The van der Waals surface area contributed by atoms with E-state index in [-0.39, 0.29) is 6.61 Å². The molecule has 1 atom stereocenters. The number of carbonyl (C=O) groups is 1. The van der Waals surface area contributed by atoms with Crippen LogP contribution in [0.5, 0.6) is 0 Å². The molecular formula is C13H25NO2. The van der Waals surface area contributed by atoms with Gasteiger partial charge in [0.2, 0.25) is 0 Å². The second-order valence-corrected chi connectivity index (χ2v) is 4.76. The van der Waals surface area contributed by atoms with Gasteiger partial charge in [0.15, 0.2) is 0 Å². The zero-order valence-corrected chi connectivity index (χ0v) is 10.5. The van der Waals surface area contributed by atoms with Gasteiger partial charge < -0.3 is 10.0 Å². The Hall–Kier alpha value is -0.410. The Morgan fingerprint density at radius 1 is 1.38 bits per heavy atom. The van der Waals surface area contributed by atoms with Gasteiger partial charge in [-0.15, -0.1) is 0 Å². The average Bonchev–Trinajstić information content (AvgIpc) is 2.68. The fourth-order valence-corrected chi connectivity index (χ4v) is 2.39. The van der Waals surface area contributed by atoms with E-state index in [0.717, 1.165) is 45.3 Å². The maximum Gasteiger partial charge on any atom is 0.136 e. The predicted molar refractivity (Wildman–Crippen MR) is 65.4 cm³/mol. The van der Waals surface area contributed by atoms with E-state index in [9.17, 15) is 4.79 Å². The number of rotatable bonds is 8. The summed E-state index contributed by atoms with van der Waals surface area (Å²) in [6, 6.07) is 0. The van der Waals surface area contributed by atoms with Gasteiger partial charge in [-0.1, -0.05) is 13.3 Å². The smallest absolute Gasteiger partial charge is 0.136 e. The second-order valence-electron chi connectivity index (χ2n) is 4.76. The molecule has 0 spiro atoms. The van der Waals surface area contributed by atoms with E-state index < -0.39 is 0 Å². The van der Waals surface area contributed by atoms with Crippen molar-refractivity contribution >= 4 is 5.78 Å². The molecule has 0 aromatic heterocycles. The van der Waals surface area contributed by atoms with Crippen molar-refractivity contribution in [2.45, 2.75) is 45.4 Å². The highest BCUT2D eigenvalue weighted by molar-refractivity contribution is 5.82. The Balaban J connectivity index is 2.22. The Morgan fingerprint density at radius 2 is 2.19 bits per heavy atom. The minimum absolute atomic E-state index is 0.225. The summed E-state index contributed by atoms with van der Waals surface area (Å²) >= 11 is 0. The fourth-order valence-electron chi connectivity index (χ4n) is 2.39. The lowest BCUT2D eigenvalue weighted by molar-refractivity contribution is -0.120. The molecule has 0 amide bonds. The molecule has 0 aromatic carbocycles. The SMILES string of the molecule is CCCCN(CCO)CCC1CCCC1=O. The van der Waals surface area contributed by atoms with Gasteiger partial charge in [0.1, 0.15) is 5.78 Å². The van der Waals surface area contributed by atoms with Crippen LogP contribution in [-0.2, 0) is 4.79 Å². The summed E-state index contributed by atoms with van der Waals surface area (Å²) in [4.78, 5) is 13.8. The molecule has 1 saturated carbocycles. The lowest BCUT2D eigenvalue weighted by Crippen LogP contribution is -2.30. The molecule has 0 saturated heterocycles. The highest BCUT2D eigenvalue weighted by atomic mass is 16.3. The zero-order chi connectivity index (χ0) is 11.8. The van der Waals surface area contributed by atoms with Gasteiger partial charge in [0.25, 0.3) is 0 Å². The number of nitrogens with zero attached hydrogens (tertiary/aromatic N) is 1. The van der Waals surface area contributed by atoms with Crippen LogP contribution >= 0.6 is 0 Å². The number of ketones is 1. The lowest BCUT2D eigenvalue weighted by Gasteiger charge is -2.22. The van der Waals surface area contributed by atoms with E-state index in [4.69, 9.17) is 5.11 Å². The summed E-state index contributed by atoms with van der Waals surface area (Å²) in [5, 5.41) is 8.97. The highest BCUT2D eigenvalue weighted by Gasteiger charge is 2.24. The fraction of sp³-hybridized carbons (Fsp3) is 0.923. The minimum Gasteiger partial charge on any atom is -0.395 e. The predicted octanol–water partition coefficient (Wildman–Crippen LogP) is 1.84. The van der Waals surface area contributed by atoms with Gasteiger partial charge >= 0.3 is 0 Å². The van der Waals surface area contributed by atoms with Crippen LogP contribution in [0.1, 0.15) is 45.4 Å². The van der Waals surface area contributed by atoms with Crippen LogP contribution in [0.2, 0.25) is 0 Å². The first kappa shape index (κ1) is 13.7. The van der Waals surface area contributed by atoms with Crippen molar-refractivity contribution in [2.75, 3.05) is 26.2 Å². The minimum atomic E-state index is 0.225. The largest absolute Gasteiger partial charge is 0.395 e. The highest BCUT2D eigenvalue weighted by Crippen LogP contribution is 2.24. The molecule has 1 fully saturated rings. The number of hydrogen-bond acceptors (Lipinski definition) is 3. The summed E-state index contributed by atoms with van der Waals surface area (Å²) < 4.78 is 0. The van der Waals surface area contributed by atoms with E-state index in [1.807, 2.05) is 0 Å². The summed E-state index contributed by atoms with van der Waals surface area (Å²) in [6.45, 7) is 5.18. The van der Waals surface area contributed by atoms with E-state index in [1.54, 1.807) is 0 Å².